The van der Waals surface area contributed by atoms with Crippen molar-refractivity contribution in [3.63, 3.8) is 0 Å². The Balaban J connectivity index is 0.000000552. The number of rotatable bonds is 5. The normalized spacial score (nSPS) is 10.2. The second kappa shape index (κ2) is 10.7. The first-order chi connectivity index (χ1) is 12.8. The maximum absolute atomic E-state index is 5.97. The minimum Gasteiger partial charge on any atom is -0.398 e. The molecule has 0 unspecified atom stereocenters. The van der Waals surface area contributed by atoms with Crippen LogP contribution in [-0.4, -0.2) is 6.21 Å². The zero-order valence-electron chi connectivity index (χ0n) is 15.5. The van der Waals surface area contributed by atoms with Crippen LogP contribution in [0.5, 0.6) is 0 Å². The number of benzene rings is 3. The first-order valence-electron chi connectivity index (χ1n) is 9.05. The second-order valence-electron chi connectivity index (χ2n) is 5.86. The van der Waals surface area contributed by atoms with Crippen LogP contribution in [0.3, 0.4) is 0 Å². The molecule has 0 spiro atoms. The number of hydrogen-bond acceptors (Lipinski definition) is 3. The van der Waals surface area contributed by atoms with Gasteiger partial charge in [-0.25, -0.2) is 5.01 Å². The molecule has 3 aromatic rings. The molecular weight excluding hydrogens is 318 g/mol. The summed E-state index contributed by atoms with van der Waals surface area (Å²) in [5.74, 6) is 0. The maximum atomic E-state index is 5.97. The van der Waals surface area contributed by atoms with E-state index in [1.165, 1.54) is 12.8 Å². The van der Waals surface area contributed by atoms with Gasteiger partial charge in [-0.3, -0.25) is 0 Å². The van der Waals surface area contributed by atoms with Crippen molar-refractivity contribution < 1.29 is 0 Å². The molecule has 0 saturated carbocycles. The summed E-state index contributed by atoms with van der Waals surface area (Å²) in [5.41, 5.74) is 9.59. The molecule has 2 N–H and O–H groups in total. The summed E-state index contributed by atoms with van der Waals surface area (Å²) in [6.45, 7) is 4.36. The van der Waals surface area contributed by atoms with Gasteiger partial charge in [0.15, 0.2) is 0 Å². The third-order valence-corrected chi connectivity index (χ3v) is 3.81. The predicted molar refractivity (Wildman–Crippen MR) is 114 cm³/mol. The first-order valence-corrected chi connectivity index (χ1v) is 9.05. The highest BCUT2D eigenvalue weighted by Gasteiger charge is 2.06. The van der Waals surface area contributed by atoms with Crippen molar-refractivity contribution in [3.8, 4) is 0 Å². The maximum Gasteiger partial charge on any atom is 0.0652 e. The van der Waals surface area contributed by atoms with Gasteiger partial charge in [0, 0.05) is 11.3 Å². The standard InChI is InChI=1S/C19H17N3.C4H10/c20-19-14-8-7-9-16(19)15-21-22(17-10-3-1-4-11-17)18-12-5-2-6-13-18;1-3-4-2/h1-15H,20H2;3-4H2,1-2H3/b21-15+;. The molecular formula is C23H27N3. The highest BCUT2D eigenvalue weighted by Crippen LogP contribution is 2.25. The van der Waals surface area contributed by atoms with Gasteiger partial charge in [0.05, 0.1) is 17.6 Å². The summed E-state index contributed by atoms with van der Waals surface area (Å²) in [5, 5.41) is 6.52. The number of anilines is 3. The largest absolute Gasteiger partial charge is 0.398 e. The molecule has 0 aliphatic heterocycles. The second-order valence-corrected chi connectivity index (χ2v) is 5.86. The highest BCUT2D eigenvalue weighted by molar-refractivity contribution is 5.88. The Morgan fingerprint density at radius 2 is 1.19 bits per heavy atom. The van der Waals surface area contributed by atoms with Crippen molar-refractivity contribution in [2.75, 3.05) is 10.7 Å². The number of nitrogens with two attached hydrogens (primary N) is 1. The molecule has 0 atom stereocenters. The van der Waals surface area contributed by atoms with E-state index in [4.69, 9.17) is 5.73 Å². The van der Waals surface area contributed by atoms with Crippen molar-refractivity contribution >= 4 is 23.3 Å². The van der Waals surface area contributed by atoms with E-state index in [0.29, 0.717) is 5.69 Å². The molecule has 134 valence electrons. The van der Waals surface area contributed by atoms with Gasteiger partial charge in [-0.2, -0.15) is 5.10 Å². The predicted octanol–water partition coefficient (Wildman–Crippen LogP) is 6.25. The van der Waals surface area contributed by atoms with Crippen molar-refractivity contribution in [2.24, 2.45) is 5.10 Å². The Hall–Kier alpha value is -3.07. The van der Waals surface area contributed by atoms with Crippen LogP contribution in [0.2, 0.25) is 0 Å². The van der Waals surface area contributed by atoms with E-state index < -0.39 is 0 Å². The van der Waals surface area contributed by atoms with Gasteiger partial charge in [0.2, 0.25) is 0 Å². The summed E-state index contributed by atoms with van der Waals surface area (Å²) in [7, 11) is 0. The minimum atomic E-state index is 0.715. The molecule has 0 saturated heterocycles. The third-order valence-electron chi connectivity index (χ3n) is 3.81. The van der Waals surface area contributed by atoms with E-state index >= 15 is 0 Å². The molecule has 0 fully saturated rings. The van der Waals surface area contributed by atoms with Crippen LogP contribution in [0.4, 0.5) is 17.1 Å². The highest BCUT2D eigenvalue weighted by atomic mass is 15.5. The molecule has 3 rings (SSSR count). The lowest BCUT2D eigenvalue weighted by molar-refractivity contribution is 0.886. The van der Waals surface area contributed by atoms with E-state index in [1.54, 1.807) is 6.21 Å². The summed E-state index contributed by atoms with van der Waals surface area (Å²) in [6.07, 6.45) is 4.43. The quantitative estimate of drug-likeness (QED) is 0.337. The van der Waals surface area contributed by atoms with Crippen molar-refractivity contribution in [2.45, 2.75) is 26.7 Å². The Labute approximate surface area is 156 Å². The lowest BCUT2D eigenvalue weighted by atomic mass is 10.2. The van der Waals surface area contributed by atoms with Crippen LogP contribution in [0, 0.1) is 0 Å². The Bertz CT molecular complexity index is 741. The fourth-order valence-electron chi connectivity index (χ4n) is 2.17. The van der Waals surface area contributed by atoms with Gasteiger partial charge in [0.1, 0.15) is 0 Å². The number of hydrogen-bond donors (Lipinski definition) is 1. The lowest BCUT2D eigenvalue weighted by Crippen LogP contribution is -2.09. The van der Waals surface area contributed by atoms with E-state index in [0.717, 1.165) is 16.9 Å². The van der Waals surface area contributed by atoms with E-state index in [2.05, 4.69) is 18.9 Å². The molecule has 0 amide bonds. The van der Waals surface area contributed by atoms with Crippen LogP contribution < -0.4 is 10.7 Å². The average Bonchev–Trinajstić information content (AvgIpc) is 2.71. The number of unbranched alkanes of at least 4 members (excludes halogenated alkanes) is 1. The van der Waals surface area contributed by atoms with Gasteiger partial charge in [-0.1, -0.05) is 81.3 Å². The fourth-order valence-corrected chi connectivity index (χ4v) is 2.17. The molecule has 0 aliphatic carbocycles. The number of hydrazone groups is 1. The summed E-state index contributed by atoms with van der Waals surface area (Å²) < 4.78 is 0. The molecule has 0 bridgehead atoms. The lowest BCUT2D eigenvalue weighted by Gasteiger charge is -2.19. The molecule has 3 heteroatoms. The van der Waals surface area contributed by atoms with Gasteiger partial charge < -0.3 is 5.73 Å². The molecule has 3 aromatic carbocycles. The molecule has 0 radical (unpaired) electrons. The van der Waals surface area contributed by atoms with Gasteiger partial charge >= 0.3 is 0 Å². The van der Waals surface area contributed by atoms with E-state index in [9.17, 15) is 0 Å². The smallest absolute Gasteiger partial charge is 0.0652 e. The summed E-state index contributed by atoms with van der Waals surface area (Å²) in [6, 6.07) is 27.8. The van der Waals surface area contributed by atoms with Crippen molar-refractivity contribution in [1.29, 1.82) is 0 Å². The van der Waals surface area contributed by atoms with Crippen LogP contribution >= 0.6 is 0 Å². The number of nitrogens with zero attached hydrogens (tertiary/aromatic N) is 2. The fraction of sp³-hybridized carbons (Fsp3) is 0.174. The zero-order chi connectivity index (χ0) is 18.6. The summed E-state index contributed by atoms with van der Waals surface area (Å²) in [4.78, 5) is 0. The van der Waals surface area contributed by atoms with Gasteiger partial charge in [-0.15, -0.1) is 0 Å². The van der Waals surface area contributed by atoms with E-state index in [-0.39, 0.29) is 0 Å². The Morgan fingerprint density at radius 1 is 0.731 bits per heavy atom. The average molecular weight is 345 g/mol. The van der Waals surface area contributed by atoms with Gasteiger partial charge in [0.25, 0.3) is 0 Å². The van der Waals surface area contributed by atoms with Crippen LogP contribution in [-0.2, 0) is 0 Å². The molecule has 0 heterocycles. The monoisotopic (exact) mass is 345 g/mol. The third kappa shape index (κ3) is 5.78. The number of nitrogen functional groups attached to an aromatic ring is 1. The van der Waals surface area contributed by atoms with Gasteiger partial charge in [-0.05, 0) is 30.3 Å². The SMILES string of the molecule is CCCC.Nc1ccccc1/C=N/N(c1ccccc1)c1ccccc1. The molecule has 0 aliphatic rings. The molecule has 0 aromatic heterocycles. The van der Waals surface area contributed by atoms with E-state index in [1.807, 2.05) is 89.9 Å². The van der Waals surface area contributed by atoms with Crippen LogP contribution in [0.1, 0.15) is 32.3 Å². The van der Waals surface area contributed by atoms with Crippen molar-refractivity contribution in [3.05, 3.63) is 90.5 Å². The first kappa shape index (κ1) is 19.3. The molecule has 26 heavy (non-hydrogen) atoms. The molecule has 3 nitrogen and oxygen atoms in total. The summed E-state index contributed by atoms with van der Waals surface area (Å²) >= 11 is 0. The topological polar surface area (TPSA) is 41.6 Å². The zero-order valence-corrected chi connectivity index (χ0v) is 15.5. The van der Waals surface area contributed by atoms with Crippen molar-refractivity contribution in [1.82, 2.24) is 0 Å². The van der Waals surface area contributed by atoms with Crippen LogP contribution in [0.25, 0.3) is 0 Å². The minimum absolute atomic E-state index is 0.715. The van der Waals surface area contributed by atoms with Crippen LogP contribution in [0.15, 0.2) is 90.0 Å². The Kier molecular flexibility index (Phi) is 7.94. The number of para-hydroxylation sites is 3. The Morgan fingerprint density at radius 3 is 1.65 bits per heavy atom.